The number of hydrogen-bond acceptors (Lipinski definition) is 5. The van der Waals surface area contributed by atoms with Crippen molar-refractivity contribution in [2.24, 2.45) is 5.73 Å². The van der Waals surface area contributed by atoms with E-state index in [0.29, 0.717) is 5.65 Å². The first-order valence-electron chi connectivity index (χ1n) is 5.01. The summed E-state index contributed by atoms with van der Waals surface area (Å²) < 4.78 is 0.794. The van der Waals surface area contributed by atoms with Crippen LogP contribution in [0.3, 0.4) is 0 Å². The second kappa shape index (κ2) is 6.59. The third-order valence-corrected chi connectivity index (χ3v) is 2.60. The molecule has 2 rings (SSSR count). The van der Waals surface area contributed by atoms with Crippen LogP contribution in [0.1, 0.15) is 19.8 Å². The third-order valence-electron chi connectivity index (χ3n) is 1.82. The number of aromatic nitrogens is 4. The van der Waals surface area contributed by atoms with E-state index < -0.39 is 0 Å². The van der Waals surface area contributed by atoms with Crippen LogP contribution in [0, 0.1) is 3.70 Å². The Bertz CT molecular complexity index is 438. The van der Waals surface area contributed by atoms with E-state index in [1.54, 1.807) is 6.33 Å². The van der Waals surface area contributed by atoms with Crippen molar-refractivity contribution in [1.29, 1.82) is 0 Å². The Balaban J connectivity index is 0.000000221. The SMILES string of the molecule is CCCCN.Nc1nc(I)c2[nH]cnc2n1. The molecular formula is C9H15IN6. The van der Waals surface area contributed by atoms with Gasteiger partial charge in [-0.1, -0.05) is 13.3 Å². The summed E-state index contributed by atoms with van der Waals surface area (Å²) in [5.74, 6) is 0.258. The standard InChI is InChI=1S/C5H4IN5.C4H11N/c6-3-2-4(9-1-8-2)11-5(7)10-3;1-2-3-4-5/h1H,(H3,7,8,9,10,11);2-5H2,1H3. The zero-order valence-electron chi connectivity index (χ0n) is 9.07. The minimum absolute atomic E-state index is 0.258. The lowest BCUT2D eigenvalue weighted by atomic mass is 10.3. The van der Waals surface area contributed by atoms with Gasteiger partial charge in [-0.15, -0.1) is 0 Å². The lowest BCUT2D eigenvalue weighted by molar-refractivity contribution is 0.807. The number of anilines is 1. The first-order valence-corrected chi connectivity index (χ1v) is 6.09. The maximum Gasteiger partial charge on any atom is 0.223 e. The third kappa shape index (κ3) is 3.56. The highest BCUT2D eigenvalue weighted by atomic mass is 127. The zero-order valence-corrected chi connectivity index (χ0v) is 11.2. The first-order chi connectivity index (χ1) is 7.69. The predicted molar refractivity (Wildman–Crippen MR) is 72.8 cm³/mol. The number of nitrogens with zero attached hydrogens (tertiary/aromatic N) is 3. The van der Waals surface area contributed by atoms with E-state index in [4.69, 9.17) is 11.5 Å². The molecule has 0 bridgehead atoms. The van der Waals surface area contributed by atoms with Gasteiger partial charge >= 0.3 is 0 Å². The van der Waals surface area contributed by atoms with Crippen molar-refractivity contribution in [2.45, 2.75) is 19.8 Å². The molecule has 7 heteroatoms. The van der Waals surface area contributed by atoms with Crippen molar-refractivity contribution in [3.63, 3.8) is 0 Å². The second-order valence-electron chi connectivity index (χ2n) is 3.12. The van der Waals surface area contributed by atoms with Crippen LogP contribution in [0.25, 0.3) is 11.2 Å². The van der Waals surface area contributed by atoms with Gasteiger partial charge in [0.15, 0.2) is 5.65 Å². The Hall–Kier alpha value is -0.960. The number of unbranched alkanes of at least 4 members (excludes halogenated alkanes) is 1. The van der Waals surface area contributed by atoms with Gasteiger partial charge in [0.25, 0.3) is 0 Å². The highest BCUT2D eigenvalue weighted by Crippen LogP contribution is 2.13. The smallest absolute Gasteiger partial charge is 0.223 e. The molecule has 2 aromatic heterocycles. The molecule has 0 aliphatic carbocycles. The Morgan fingerprint density at radius 1 is 1.44 bits per heavy atom. The molecule has 0 atom stereocenters. The van der Waals surface area contributed by atoms with E-state index in [1.165, 1.54) is 12.8 Å². The van der Waals surface area contributed by atoms with Crippen molar-refractivity contribution in [3.8, 4) is 0 Å². The molecule has 2 aromatic rings. The van der Waals surface area contributed by atoms with Crippen LogP contribution >= 0.6 is 22.6 Å². The predicted octanol–water partition coefficient (Wildman–Crippen LogP) is 1.28. The molecule has 0 fully saturated rings. The van der Waals surface area contributed by atoms with Gasteiger partial charge in [-0.25, -0.2) is 9.97 Å². The van der Waals surface area contributed by atoms with Crippen molar-refractivity contribution in [3.05, 3.63) is 10.0 Å². The molecular weight excluding hydrogens is 319 g/mol. The molecule has 16 heavy (non-hydrogen) atoms. The number of aromatic amines is 1. The fraction of sp³-hybridized carbons (Fsp3) is 0.444. The second-order valence-corrected chi connectivity index (χ2v) is 4.14. The number of nitrogen functional groups attached to an aromatic ring is 1. The zero-order chi connectivity index (χ0) is 12.0. The molecule has 0 aromatic carbocycles. The van der Waals surface area contributed by atoms with Gasteiger partial charge in [0.2, 0.25) is 5.95 Å². The maximum absolute atomic E-state index is 5.40. The van der Waals surface area contributed by atoms with Crippen LogP contribution in [0.4, 0.5) is 5.95 Å². The minimum atomic E-state index is 0.258. The van der Waals surface area contributed by atoms with E-state index >= 15 is 0 Å². The van der Waals surface area contributed by atoms with E-state index in [0.717, 1.165) is 15.8 Å². The number of imidazole rings is 1. The summed E-state index contributed by atoms with van der Waals surface area (Å²) >= 11 is 2.08. The lowest BCUT2D eigenvalue weighted by Crippen LogP contribution is -1.96. The molecule has 0 aliphatic rings. The topological polar surface area (TPSA) is 106 Å². The average Bonchev–Trinajstić information content (AvgIpc) is 2.68. The van der Waals surface area contributed by atoms with Crippen LogP contribution < -0.4 is 11.5 Å². The minimum Gasteiger partial charge on any atom is -0.368 e. The normalized spacial score (nSPS) is 9.94. The van der Waals surface area contributed by atoms with Gasteiger partial charge in [0.1, 0.15) is 9.22 Å². The van der Waals surface area contributed by atoms with Crippen molar-refractivity contribution in [2.75, 3.05) is 12.3 Å². The van der Waals surface area contributed by atoms with Crippen LogP contribution in [0.15, 0.2) is 6.33 Å². The van der Waals surface area contributed by atoms with Crippen molar-refractivity contribution in [1.82, 2.24) is 19.9 Å². The molecule has 5 N–H and O–H groups in total. The van der Waals surface area contributed by atoms with Crippen LogP contribution in [-0.4, -0.2) is 26.5 Å². The molecule has 0 amide bonds. The van der Waals surface area contributed by atoms with Gasteiger partial charge in [0, 0.05) is 0 Å². The van der Waals surface area contributed by atoms with E-state index in [1.807, 2.05) is 0 Å². The van der Waals surface area contributed by atoms with Crippen LogP contribution in [0.5, 0.6) is 0 Å². The number of halogens is 1. The largest absolute Gasteiger partial charge is 0.368 e. The van der Waals surface area contributed by atoms with E-state index in [2.05, 4.69) is 49.5 Å². The van der Waals surface area contributed by atoms with Crippen LogP contribution in [-0.2, 0) is 0 Å². The van der Waals surface area contributed by atoms with Gasteiger partial charge in [-0.3, -0.25) is 0 Å². The highest BCUT2D eigenvalue weighted by Gasteiger charge is 2.03. The maximum atomic E-state index is 5.40. The molecule has 0 aliphatic heterocycles. The summed E-state index contributed by atoms with van der Waals surface area (Å²) in [5, 5.41) is 0. The molecule has 0 unspecified atom stereocenters. The summed E-state index contributed by atoms with van der Waals surface area (Å²) in [6.45, 7) is 2.98. The summed E-state index contributed by atoms with van der Waals surface area (Å²) in [7, 11) is 0. The average molecular weight is 334 g/mol. The molecule has 6 nitrogen and oxygen atoms in total. The van der Waals surface area contributed by atoms with Crippen molar-refractivity contribution < 1.29 is 0 Å². The summed E-state index contributed by atoms with van der Waals surface area (Å²) in [5.41, 5.74) is 12.0. The molecule has 0 radical (unpaired) electrons. The first kappa shape index (κ1) is 13.1. The quantitative estimate of drug-likeness (QED) is 0.567. The summed E-state index contributed by atoms with van der Waals surface area (Å²) in [4.78, 5) is 14.7. The molecule has 0 saturated carbocycles. The van der Waals surface area contributed by atoms with Crippen LogP contribution in [0.2, 0.25) is 0 Å². The summed E-state index contributed by atoms with van der Waals surface area (Å²) in [6.07, 6.45) is 3.96. The van der Waals surface area contributed by atoms with Crippen molar-refractivity contribution >= 4 is 39.7 Å². The number of fused-ring (bicyclic) bond motifs is 1. The molecule has 88 valence electrons. The van der Waals surface area contributed by atoms with Gasteiger partial charge in [-0.05, 0) is 35.6 Å². The fourth-order valence-electron chi connectivity index (χ4n) is 1.02. The Kier molecular flexibility index (Phi) is 5.39. The number of rotatable bonds is 2. The monoisotopic (exact) mass is 334 g/mol. The molecule has 0 saturated heterocycles. The fourth-order valence-corrected chi connectivity index (χ4v) is 1.66. The van der Waals surface area contributed by atoms with Gasteiger partial charge in [0.05, 0.1) is 6.33 Å². The van der Waals surface area contributed by atoms with Gasteiger partial charge in [-0.2, -0.15) is 4.98 Å². The Morgan fingerprint density at radius 2 is 2.19 bits per heavy atom. The number of nitrogens with one attached hydrogen (secondary N) is 1. The highest BCUT2D eigenvalue weighted by molar-refractivity contribution is 14.1. The lowest BCUT2D eigenvalue weighted by Gasteiger charge is -1.92. The number of hydrogen-bond donors (Lipinski definition) is 3. The van der Waals surface area contributed by atoms with E-state index in [-0.39, 0.29) is 5.95 Å². The Labute approximate surface area is 107 Å². The van der Waals surface area contributed by atoms with Gasteiger partial charge < -0.3 is 16.5 Å². The number of H-pyrrole nitrogens is 1. The molecule has 2 heterocycles. The van der Waals surface area contributed by atoms with E-state index in [9.17, 15) is 0 Å². The molecule has 0 spiro atoms. The Morgan fingerprint density at radius 3 is 2.75 bits per heavy atom. The summed E-state index contributed by atoms with van der Waals surface area (Å²) in [6, 6.07) is 0. The number of nitrogens with two attached hydrogens (primary N) is 2.